The SMILES string of the molecule is FC(F)(F)c1ccc(-c2cncc(N3CCN4CCCC3CCC4)c2)cc1. The maximum atomic E-state index is 12.8. The molecule has 2 bridgehead atoms. The van der Waals surface area contributed by atoms with Crippen LogP contribution >= 0.6 is 0 Å². The van der Waals surface area contributed by atoms with Gasteiger partial charge >= 0.3 is 6.18 Å². The first-order valence-electron chi connectivity index (χ1n) is 9.62. The fourth-order valence-electron chi connectivity index (χ4n) is 4.26. The zero-order chi connectivity index (χ0) is 18.9. The maximum Gasteiger partial charge on any atom is 0.416 e. The lowest BCUT2D eigenvalue weighted by Crippen LogP contribution is -2.47. The Hall–Kier alpha value is -2.08. The van der Waals surface area contributed by atoms with E-state index in [-0.39, 0.29) is 0 Å². The topological polar surface area (TPSA) is 19.4 Å². The Balaban J connectivity index is 1.60. The summed E-state index contributed by atoms with van der Waals surface area (Å²) < 4.78 is 38.4. The van der Waals surface area contributed by atoms with E-state index in [1.54, 1.807) is 6.20 Å². The molecule has 0 N–H and O–H groups in total. The minimum absolute atomic E-state index is 0.525. The predicted octanol–water partition coefficient (Wildman–Crippen LogP) is 4.83. The standard InChI is InChI=1S/C21H24F3N3/c22-21(23,24)18-7-5-16(6-8-18)17-13-20(15-25-14-17)27-12-11-26-9-1-3-19(27)4-2-10-26/h5-8,13-15,19H,1-4,9-12H2. The first-order valence-corrected chi connectivity index (χ1v) is 9.62. The van der Waals surface area contributed by atoms with Crippen LogP contribution in [0.4, 0.5) is 18.9 Å². The zero-order valence-electron chi connectivity index (χ0n) is 15.3. The third-order valence-electron chi connectivity index (χ3n) is 5.72. The van der Waals surface area contributed by atoms with Gasteiger partial charge in [-0.05, 0) is 62.5 Å². The van der Waals surface area contributed by atoms with Crippen LogP contribution in [-0.4, -0.2) is 42.1 Å². The van der Waals surface area contributed by atoms with Gasteiger partial charge in [-0.2, -0.15) is 13.2 Å². The van der Waals surface area contributed by atoms with Crippen LogP contribution in [0.2, 0.25) is 0 Å². The molecule has 3 aliphatic rings. The second-order valence-corrected chi connectivity index (χ2v) is 7.48. The molecular formula is C21H24F3N3. The van der Waals surface area contributed by atoms with Gasteiger partial charge in [-0.3, -0.25) is 4.98 Å². The number of rotatable bonds is 2. The summed E-state index contributed by atoms with van der Waals surface area (Å²) in [6.07, 6.45) is 4.09. The van der Waals surface area contributed by atoms with E-state index in [9.17, 15) is 13.2 Å². The second kappa shape index (κ2) is 7.50. The van der Waals surface area contributed by atoms with Gasteiger partial charge in [0.05, 0.1) is 17.4 Å². The van der Waals surface area contributed by atoms with E-state index < -0.39 is 11.7 Å². The third kappa shape index (κ3) is 4.10. The molecule has 0 unspecified atom stereocenters. The Morgan fingerprint density at radius 3 is 2.22 bits per heavy atom. The average Bonchev–Trinajstić information content (AvgIpc) is 2.60. The van der Waals surface area contributed by atoms with Crippen molar-refractivity contribution < 1.29 is 13.2 Å². The monoisotopic (exact) mass is 375 g/mol. The molecular weight excluding hydrogens is 351 g/mol. The van der Waals surface area contributed by atoms with Crippen molar-refractivity contribution in [3.8, 4) is 11.1 Å². The Morgan fingerprint density at radius 2 is 1.56 bits per heavy atom. The van der Waals surface area contributed by atoms with Crippen molar-refractivity contribution in [1.29, 1.82) is 0 Å². The molecule has 0 atom stereocenters. The minimum Gasteiger partial charge on any atom is -0.366 e. The highest BCUT2D eigenvalue weighted by Gasteiger charge is 2.30. The molecule has 3 fully saturated rings. The number of anilines is 1. The summed E-state index contributed by atoms with van der Waals surface area (Å²) in [5.41, 5.74) is 2.06. The van der Waals surface area contributed by atoms with Crippen LogP contribution in [0.3, 0.4) is 0 Å². The van der Waals surface area contributed by atoms with Crippen LogP contribution in [-0.2, 0) is 6.18 Å². The van der Waals surface area contributed by atoms with Gasteiger partial charge in [0.2, 0.25) is 0 Å². The third-order valence-corrected chi connectivity index (χ3v) is 5.72. The molecule has 3 nitrogen and oxygen atoms in total. The number of pyridine rings is 1. The van der Waals surface area contributed by atoms with Gasteiger partial charge in [0.1, 0.15) is 0 Å². The molecule has 2 aromatic rings. The zero-order valence-corrected chi connectivity index (χ0v) is 15.3. The number of benzene rings is 1. The molecule has 0 saturated carbocycles. The van der Waals surface area contributed by atoms with Crippen molar-refractivity contribution in [1.82, 2.24) is 9.88 Å². The van der Waals surface area contributed by atoms with E-state index in [0.29, 0.717) is 6.04 Å². The van der Waals surface area contributed by atoms with Gasteiger partial charge in [-0.15, -0.1) is 0 Å². The lowest BCUT2D eigenvalue weighted by molar-refractivity contribution is -0.137. The van der Waals surface area contributed by atoms with E-state index in [2.05, 4.69) is 20.9 Å². The van der Waals surface area contributed by atoms with Crippen molar-refractivity contribution in [2.45, 2.75) is 37.9 Å². The summed E-state index contributed by atoms with van der Waals surface area (Å²) in [6, 6.07) is 7.92. The van der Waals surface area contributed by atoms with E-state index in [1.807, 2.05) is 6.20 Å². The van der Waals surface area contributed by atoms with E-state index in [4.69, 9.17) is 0 Å². The van der Waals surface area contributed by atoms with Crippen LogP contribution < -0.4 is 4.90 Å². The van der Waals surface area contributed by atoms with Gasteiger partial charge in [0, 0.05) is 30.9 Å². The molecule has 1 aromatic carbocycles. The summed E-state index contributed by atoms with van der Waals surface area (Å²) >= 11 is 0. The van der Waals surface area contributed by atoms with Crippen molar-refractivity contribution in [3.63, 3.8) is 0 Å². The van der Waals surface area contributed by atoms with E-state index in [1.165, 1.54) is 50.9 Å². The summed E-state index contributed by atoms with van der Waals surface area (Å²) in [5, 5.41) is 0. The largest absolute Gasteiger partial charge is 0.416 e. The van der Waals surface area contributed by atoms with Crippen LogP contribution in [0.25, 0.3) is 11.1 Å². The molecule has 0 amide bonds. The molecule has 3 aliphatic heterocycles. The highest BCUT2D eigenvalue weighted by atomic mass is 19.4. The Morgan fingerprint density at radius 1 is 0.852 bits per heavy atom. The fraction of sp³-hybridized carbons (Fsp3) is 0.476. The molecule has 1 aromatic heterocycles. The first-order chi connectivity index (χ1) is 13.0. The fourth-order valence-corrected chi connectivity index (χ4v) is 4.26. The lowest BCUT2D eigenvalue weighted by atomic mass is 9.98. The normalized spacial score (nSPS) is 23.6. The molecule has 27 heavy (non-hydrogen) atoms. The number of aromatic nitrogens is 1. The van der Waals surface area contributed by atoms with Gasteiger partial charge < -0.3 is 9.80 Å². The van der Waals surface area contributed by atoms with Crippen LogP contribution in [0.5, 0.6) is 0 Å². The highest BCUT2D eigenvalue weighted by molar-refractivity contribution is 5.67. The molecule has 144 valence electrons. The number of nitrogens with zero attached hydrogens (tertiary/aromatic N) is 3. The number of alkyl halides is 3. The Bertz CT molecular complexity index is 763. The first kappa shape index (κ1) is 18.3. The summed E-state index contributed by atoms with van der Waals surface area (Å²) in [4.78, 5) is 9.38. The number of hydrogen-bond acceptors (Lipinski definition) is 3. The minimum atomic E-state index is -4.31. The van der Waals surface area contributed by atoms with Crippen LogP contribution in [0.15, 0.2) is 42.7 Å². The average molecular weight is 375 g/mol. The van der Waals surface area contributed by atoms with Gasteiger partial charge in [-0.1, -0.05) is 12.1 Å². The molecule has 0 aliphatic carbocycles. The lowest BCUT2D eigenvalue weighted by Gasteiger charge is -2.41. The van der Waals surface area contributed by atoms with Gasteiger partial charge in [-0.25, -0.2) is 0 Å². The van der Waals surface area contributed by atoms with Crippen LogP contribution in [0.1, 0.15) is 31.2 Å². The quantitative estimate of drug-likeness (QED) is 0.749. The Labute approximate surface area is 157 Å². The van der Waals surface area contributed by atoms with Crippen molar-refractivity contribution >= 4 is 5.69 Å². The molecule has 0 spiro atoms. The van der Waals surface area contributed by atoms with E-state index in [0.717, 1.165) is 42.0 Å². The molecule has 4 heterocycles. The second-order valence-electron chi connectivity index (χ2n) is 7.48. The smallest absolute Gasteiger partial charge is 0.366 e. The summed E-state index contributed by atoms with van der Waals surface area (Å²) in [7, 11) is 0. The predicted molar refractivity (Wildman–Crippen MR) is 101 cm³/mol. The van der Waals surface area contributed by atoms with Gasteiger partial charge in [0.25, 0.3) is 0 Å². The maximum absolute atomic E-state index is 12.8. The molecule has 6 heteroatoms. The number of fused-ring (bicyclic) bond motifs is 6. The summed E-state index contributed by atoms with van der Waals surface area (Å²) in [5.74, 6) is 0. The van der Waals surface area contributed by atoms with Crippen molar-refractivity contribution in [2.75, 3.05) is 31.1 Å². The Kier molecular flexibility index (Phi) is 5.08. The number of hydrogen-bond donors (Lipinski definition) is 0. The molecule has 5 rings (SSSR count). The highest BCUT2D eigenvalue weighted by Crippen LogP contribution is 2.32. The van der Waals surface area contributed by atoms with Crippen molar-refractivity contribution in [3.05, 3.63) is 48.3 Å². The summed E-state index contributed by atoms with van der Waals surface area (Å²) in [6.45, 7) is 4.41. The molecule has 3 saturated heterocycles. The molecule has 0 radical (unpaired) electrons. The van der Waals surface area contributed by atoms with Crippen molar-refractivity contribution in [2.24, 2.45) is 0 Å². The van der Waals surface area contributed by atoms with Gasteiger partial charge in [0.15, 0.2) is 0 Å². The van der Waals surface area contributed by atoms with E-state index >= 15 is 0 Å². The van der Waals surface area contributed by atoms with Crippen LogP contribution in [0, 0.1) is 0 Å². The number of halogens is 3.